The smallest absolute Gasteiger partial charge is 0.408 e. The van der Waals surface area contributed by atoms with E-state index in [0.717, 1.165) is 36.8 Å². The monoisotopic (exact) mass is 496 g/mol. The number of nitriles is 1. The van der Waals surface area contributed by atoms with Crippen molar-refractivity contribution < 1.29 is 13.9 Å². The lowest BCUT2D eigenvalue weighted by Gasteiger charge is -2.17. The third-order valence-electron chi connectivity index (χ3n) is 5.91. The van der Waals surface area contributed by atoms with Crippen LogP contribution in [0.25, 0.3) is 30.9 Å². The van der Waals surface area contributed by atoms with Gasteiger partial charge in [-0.15, -0.1) is 22.7 Å². The van der Waals surface area contributed by atoms with Gasteiger partial charge in [0.25, 0.3) is 5.91 Å². The molecule has 1 fully saturated rings. The lowest BCUT2D eigenvalue weighted by molar-refractivity contribution is -0.132. The van der Waals surface area contributed by atoms with E-state index in [4.69, 9.17) is 9.15 Å². The quantitative estimate of drug-likeness (QED) is 0.439. The fourth-order valence-corrected chi connectivity index (χ4v) is 6.49. The number of amides is 1. The second-order valence-corrected chi connectivity index (χ2v) is 10.9. The highest BCUT2D eigenvalue weighted by molar-refractivity contribution is 7.29. The summed E-state index contributed by atoms with van der Waals surface area (Å²) in [5.41, 5.74) is 2.35. The molecule has 0 spiro atoms. The average Bonchev–Trinajstić information content (AvgIpc) is 3.40. The van der Waals surface area contributed by atoms with Crippen molar-refractivity contribution in [1.82, 2.24) is 15.2 Å². The molecule has 34 heavy (non-hydrogen) atoms. The van der Waals surface area contributed by atoms with Gasteiger partial charge in [-0.1, -0.05) is 6.92 Å². The predicted molar refractivity (Wildman–Crippen MR) is 133 cm³/mol. The summed E-state index contributed by atoms with van der Waals surface area (Å²) in [6.45, 7) is 3.85. The van der Waals surface area contributed by atoms with Crippen molar-refractivity contribution >= 4 is 49.1 Å². The second kappa shape index (κ2) is 9.35. The van der Waals surface area contributed by atoms with E-state index in [1.54, 1.807) is 29.7 Å². The largest absolute Gasteiger partial charge is 0.419 e. The van der Waals surface area contributed by atoms with Crippen LogP contribution >= 0.6 is 22.7 Å². The van der Waals surface area contributed by atoms with Gasteiger partial charge in [0, 0.05) is 45.7 Å². The van der Waals surface area contributed by atoms with Crippen molar-refractivity contribution in [3.63, 3.8) is 0 Å². The number of rotatable bonds is 5. The van der Waals surface area contributed by atoms with E-state index < -0.39 is 12.1 Å². The van der Waals surface area contributed by atoms with Crippen molar-refractivity contribution in [1.29, 1.82) is 5.26 Å². The van der Waals surface area contributed by atoms with Crippen LogP contribution in [0, 0.1) is 17.2 Å². The van der Waals surface area contributed by atoms with E-state index in [0.29, 0.717) is 31.1 Å². The van der Waals surface area contributed by atoms with Gasteiger partial charge in [-0.3, -0.25) is 9.36 Å². The fourth-order valence-electron chi connectivity index (χ4n) is 4.03. The molecule has 1 aliphatic heterocycles. The molecule has 1 aromatic carbocycles. The maximum atomic E-state index is 12.6. The molecule has 0 saturated carbocycles. The Hall–Kier alpha value is -2.97. The van der Waals surface area contributed by atoms with Crippen LogP contribution in [0.3, 0.4) is 0 Å². The molecular weight excluding hydrogens is 472 g/mol. The first kappa shape index (κ1) is 22.8. The zero-order chi connectivity index (χ0) is 23.8. The standard InChI is InChI=1S/C24H24N4O4S2/c1-13-10-26-11-19(31-12-13)23(29)27-15(9-25)6-16-7-21-22(33-16)8-20(34-21)14-3-4-18-17(5-14)28(2)24(30)32-18/h3-5,7-8,13,15,19,26H,6,10-12H2,1-2H3,(H,27,29)/t13?,15?,19-/m0/s1. The maximum absolute atomic E-state index is 12.6. The SMILES string of the molecule is CC1CNC[C@@H](C(=O)NC(C#N)Cc2cc3sc(-c4ccc5oc(=O)n(C)c5c4)cc3s2)OC1. The third kappa shape index (κ3) is 4.52. The number of fused-ring (bicyclic) bond motifs is 2. The zero-order valence-corrected chi connectivity index (χ0v) is 20.4. The van der Waals surface area contributed by atoms with Crippen LogP contribution in [0.4, 0.5) is 0 Å². The number of nitrogens with zero attached hydrogens (tertiary/aromatic N) is 2. The molecule has 2 unspecified atom stereocenters. The first-order valence-corrected chi connectivity index (χ1v) is 12.7. The molecule has 1 amide bonds. The first-order valence-electron chi connectivity index (χ1n) is 11.1. The molecule has 4 aromatic rings. The number of carbonyl (C=O) groups is 1. The summed E-state index contributed by atoms with van der Waals surface area (Å²) in [6, 6.07) is 11.5. The van der Waals surface area contributed by atoms with E-state index in [-0.39, 0.29) is 11.7 Å². The molecule has 3 aromatic heterocycles. The van der Waals surface area contributed by atoms with Crippen LogP contribution in [0.15, 0.2) is 39.5 Å². The van der Waals surface area contributed by atoms with Crippen molar-refractivity contribution in [2.45, 2.75) is 25.5 Å². The van der Waals surface area contributed by atoms with Crippen molar-refractivity contribution in [2.75, 3.05) is 19.7 Å². The number of aromatic nitrogens is 1. The Morgan fingerprint density at radius 3 is 2.91 bits per heavy atom. The molecule has 0 bridgehead atoms. The van der Waals surface area contributed by atoms with Gasteiger partial charge in [-0.25, -0.2) is 4.79 Å². The van der Waals surface area contributed by atoms with E-state index in [9.17, 15) is 14.9 Å². The van der Waals surface area contributed by atoms with Gasteiger partial charge in [0.2, 0.25) is 0 Å². The summed E-state index contributed by atoms with van der Waals surface area (Å²) in [5.74, 6) is -0.278. The Morgan fingerprint density at radius 1 is 1.29 bits per heavy atom. The number of hydrogen-bond donors (Lipinski definition) is 2. The molecule has 2 N–H and O–H groups in total. The van der Waals surface area contributed by atoms with Crippen molar-refractivity contribution in [3.8, 4) is 16.5 Å². The van der Waals surface area contributed by atoms with Crippen LogP contribution in [0.5, 0.6) is 0 Å². The fraction of sp³-hybridized carbons (Fsp3) is 0.375. The summed E-state index contributed by atoms with van der Waals surface area (Å²) < 4.78 is 14.7. The minimum atomic E-state index is -0.617. The topological polar surface area (TPSA) is 109 Å². The van der Waals surface area contributed by atoms with Crippen LogP contribution < -0.4 is 16.4 Å². The van der Waals surface area contributed by atoms with E-state index >= 15 is 0 Å². The number of oxazole rings is 1. The third-order valence-corrected chi connectivity index (χ3v) is 8.27. The molecule has 0 aliphatic carbocycles. The lowest BCUT2D eigenvalue weighted by Crippen LogP contribution is -2.46. The molecule has 1 saturated heterocycles. The molecule has 176 valence electrons. The lowest BCUT2D eigenvalue weighted by atomic mass is 10.1. The zero-order valence-electron chi connectivity index (χ0n) is 18.8. The number of benzene rings is 1. The summed E-state index contributed by atoms with van der Waals surface area (Å²) in [4.78, 5) is 26.5. The Kier molecular flexibility index (Phi) is 6.27. The average molecular weight is 497 g/mol. The molecule has 8 nitrogen and oxygen atoms in total. The van der Waals surface area contributed by atoms with Gasteiger partial charge < -0.3 is 19.8 Å². The molecule has 1 aliphatic rings. The summed E-state index contributed by atoms with van der Waals surface area (Å²) in [5, 5.41) is 15.7. The highest BCUT2D eigenvalue weighted by Gasteiger charge is 2.25. The van der Waals surface area contributed by atoms with Crippen LogP contribution in [0.2, 0.25) is 0 Å². The van der Waals surface area contributed by atoms with Crippen LogP contribution in [-0.4, -0.2) is 42.3 Å². The minimum Gasteiger partial charge on any atom is -0.408 e. The van der Waals surface area contributed by atoms with Crippen LogP contribution in [-0.2, 0) is 23.0 Å². The molecule has 10 heteroatoms. The Balaban J connectivity index is 1.29. The van der Waals surface area contributed by atoms with E-state index in [2.05, 4.69) is 35.8 Å². The minimum absolute atomic E-state index is 0.252. The molecular formula is C24H24N4O4S2. The van der Waals surface area contributed by atoms with Gasteiger partial charge in [-0.2, -0.15) is 5.26 Å². The van der Waals surface area contributed by atoms with Gasteiger partial charge in [0.1, 0.15) is 12.1 Å². The molecule has 4 heterocycles. The molecule has 0 radical (unpaired) electrons. The van der Waals surface area contributed by atoms with Gasteiger partial charge >= 0.3 is 5.76 Å². The summed E-state index contributed by atoms with van der Waals surface area (Å²) >= 11 is 3.28. The Bertz CT molecular complexity index is 1430. The summed E-state index contributed by atoms with van der Waals surface area (Å²) in [6.07, 6.45) is -0.134. The highest BCUT2D eigenvalue weighted by atomic mass is 32.1. The Labute approximate surface area is 203 Å². The molecule has 5 rings (SSSR count). The predicted octanol–water partition coefficient (Wildman–Crippen LogP) is 3.25. The van der Waals surface area contributed by atoms with Crippen molar-refractivity contribution in [2.24, 2.45) is 13.0 Å². The number of thiophene rings is 2. The summed E-state index contributed by atoms with van der Waals surface area (Å²) in [7, 11) is 1.70. The normalized spacial score (nSPS) is 19.7. The maximum Gasteiger partial charge on any atom is 0.419 e. The van der Waals surface area contributed by atoms with E-state index in [1.165, 1.54) is 4.57 Å². The van der Waals surface area contributed by atoms with Gasteiger partial charge in [0.05, 0.1) is 18.2 Å². The number of ether oxygens (including phenoxy) is 1. The Morgan fingerprint density at radius 2 is 2.12 bits per heavy atom. The van der Waals surface area contributed by atoms with Crippen LogP contribution in [0.1, 0.15) is 11.8 Å². The van der Waals surface area contributed by atoms with Gasteiger partial charge in [0.15, 0.2) is 5.58 Å². The van der Waals surface area contributed by atoms with E-state index in [1.807, 2.05) is 18.2 Å². The first-order chi connectivity index (χ1) is 16.4. The van der Waals surface area contributed by atoms with Crippen molar-refractivity contribution in [3.05, 3.63) is 45.8 Å². The number of carbonyl (C=O) groups excluding carboxylic acids is 1. The number of aryl methyl sites for hydroxylation is 1. The second-order valence-electron chi connectivity index (χ2n) is 8.64. The van der Waals surface area contributed by atoms with Gasteiger partial charge in [-0.05, 0) is 41.8 Å². The number of nitrogens with one attached hydrogen (secondary N) is 2. The molecule has 3 atom stereocenters. The highest BCUT2D eigenvalue weighted by Crippen LogP contribution is 2.39. The number of hydrogen-bond acceptors (Lipinski definition) is 8.